The van der Waals surface area contributed by atoms with Gasteiger partial charge < -0.3 is 5.73 Å². The first-order chi connectivity index (χ1) is 7.80. The summed E-state index contributed by atoms with van der Waals surface area (Å²) in [6.45, 7) is 1.60. The zero-order valence-corrected chi connectivity index (χ0v) is 9.42. The molecule has 0 aromatic carbocycles. The lowest BCUT2D eigenvalue weighted by Crippen LogP contribution is -2.12. The van der Waals surface area contributed by atoms with Crippen LogP contribution in [0.15, 0.2) is 12.3 Å². The van der Waals surface area contributed by atoms with Crippen molar-refractivity contribution < 1.29 is 13.2 Å². The van der Waals surface area contributed by atoms with Crippen molar-refractivity contribution in [1.82, 2.24) is 14.6 Å². The van der Waals surface area contributed by atoms with Crippen molar-refractivity contribution in [3.63, 3.8) is 0 Å². The van der Waals surface area contributed by atoms with Crippen LogP contribution in [0.2, 0.25) is 5.02 Å². The lowest BCUT2D eigenvalue weighted by molar-refractivity contribution is -0.137. The molecule has 2 aromatic rings. The fraction of sp³-hybridized carbons (Fsp3) is 0.333. The SMILES string of the molecule is CC(N)c1nnc2c(Cl)cc(C(F)(F)F)cn12. The van der Waals surface area contributed by atoms with Gasteiger partial charge in [0.15, 0.2) is 11.5 Å². The summed E-state index contributed by atoms with van der Waals surface area (Å²) in [6.07, 6.45) is -3.59. The molecule has 2 heterocycles. The molecule has 2 aromatic heterocycles. The molecule has 17 heavy (non-hydrogen) atoms. The van der Waals surface area contributed by atoms with Gasteiger partial charge in [-0.05, 0) is 13.0 Å². The first kappa shape index (κ1) is 12.1. The van der Waals surface area contributed by atoms with Crippen LogP contribution in [-0.2, 0) is 6.18 Å². The molecular formula is C9H8ClF3N4. The fourth-order valence-corrected chi connectivity index (χ4v) is 1.68. The molecule has 0 radical (unpaired) electrons. The molecular weight excluding hydrogens is 257 g/mol. The van der Waals surface area contributed by atoms with Crippen LogP contribution in [-0.4, -0.2) is 14.6 Å². The topological polar surface area (TPSA) is 56.2 Å². The number of alkyl halides is 3. The van der Waals surface area contributed by atoms with Gasteiger partial charge in [-0.15, -0.1) is 10.2 Å². The fourth-order valence-electron chi connectivity index (χ4n) is 1.44. The van der Waals surface area contributed by atoms with Crippen LogP contribution in [0.1, 0.15) is 24.4 Å². The molecule has 2 rings (SSSR count). The predicted molar refractivity (Wildman–Crippen MR) is 55.6 cm³/mol. The van der Waals surface area contributed by atoms with Gasteiger partial charge in [-0.25, -0.2) is 0 Å². The average molecular weight is 265 g/mol. The minimum absolute atomic E-state index is 0.112. The van der Waals surface area contributed by atoms with Gasteiger partial charge in [-0.3, -0.25) is 4.40 Å². The summed E-state index contributed by atoms with van der Waals surface area (Å²) in [4.78, 5) is 0. The smallest absolute Gasteiger partial charge is 0.322 e. The Kier molecular flexibility index (Phi) is 2.75. The van der Waals surface area contributed by atoms with Crippen LogP contribution in [0, 0.1) is 0 Å². The third-order valence-corrected chi connectivity index (χ3v) is 2.50. The summed E-state index contributed by atoms with van der Waals surface area (Å²) in [5, 5.41) is 7.30. The van der Waals surface area contributed by atoms with Crippen LogP contribution in [0.25, 0.3) is 5.65 Å². The maximum atomic E-state index is 12.6. The van der Waals surface area contributed by atoms with Crippen molar-refractivity contribution in [1.29, 1.82) is 0 Å². The molecule has 4 nitrogen and oxygen atoms in total. The number of aromatic nitrogens is 3. The Morgan fingerprint density at radius 1 is 1.41 bits per heavy atom. The van der Waals surface area contributed by atoms with E-state index in [1.807, 2.05) is 0 Å². The van der Waals surface area contributed by atoms with E-state index in [1.54, 1.807) is 6.92 Å². The van der Waals surface area contributed by atoms with E-state index in [4.69, 9.17) is 17.3 Å². The molecule has 0 spiro atoms. The monoisotopic (exact) mass is 264 g/mol. The quantitative estimate of drug-likeness (QED) is 0.861. The van der Waals surface area contributed by atoms with Crippen LogP contribution in [0.4, 0.5) is 13.2 Å². The number of rotatable bonds is 1. The first-order valence-electron chi connectivity index (χ1n) is 4.67. The molecule has 0 fully saturated rings. The van der Waals surface area contributed by atoms with Gasteiger partial charge in [0.2, 0.25) is 0 Å². The molecule has 2 N–H and O–H groups in total. The lowest BCUT2D eigenvalue weighted by Gasteiger charge is -2.09. The number of hydrogen-bond acceptors (Lipinski definition) is 3. The minimum atomic E-state index is -4.47. The Labute approximate surface area is 99.2 Å². The Morgan fingerprint density at radius 2 is 2.06 bits per heavy atom. The van der Waals surface area contributed by atoms with Gasteiger partial charge in [0, 0.05) is 6.20 Å². The van der Waals surface area contributed by atoms with E-state index in [1.165, 1.54) is 0 Å². The summed E-state index contributed by atoms with van der Waals surface area (Å²) in [5.41, 5.74) is 4.88. The molecule has 0 amide bonds. The molecule has 0 bridgehead atoms. The summed E-state index contributed by atoms with van der Waals surface area (Å²) >= 11 is 5.72. The number of pyridine rings is 1. The number of nitrogens with zero attached hydrogens (tertiary/aromatic N) is 3. The maximum Gasteiger partial charge on any atom is 0.417 e. The summed E-state index contributed by atoms with van der Waals surface area (Å²) < 4.78 is 38.9. The lowest BCUT2D eigenvalue weighted by atomic mass is 10.2. The molecule has 1 atom stereocenters. The summed E-state index contributed by atoms with van der Waals surface area (Å²) in [5.74, 6) is 0.230. The van der Waals surface area contributed by atoms with E-state index in [0.29, 0.717) is 0 Å². The van der Waals surface area contributed by atoms with Crippen LogP contribution < -0.4 is 5.73 Å². The molecule has 92 valence electrons. The van der Waals surface area contributed by atoms with Gasteiger partial charge in [0.25, 0.3) is 0 Å². The van der Waals surface area contributed by atoms with Crippen LogP contribution >= 0.6 is 11.6 Å². The third kappa shape index (κ3) is 2.07. The number of fused-ring (bicyclic) bond motifs is 1. The van der Waals surface area contributed by atoms with E-state index < -0.39 is 17.8 Å². The highest BCUT2D eigenvalue weighted by Crippen LogP contribution is 2.32. The molecule has 0 aliphatic heterocycles. The van der Waals surface area contributed by atoms with Crippen molar-refractivity contribution in [2.24, 2.45) is 5.73 Å². The van der Waals surface area contributed by atoms with Gasteiger partial charge in [-0.2, -0.15) is 13.2 Å². The van der Waals surface area contributed by atoms with Gasteiger partial charge in [0.05, 0.1) is 16.6 Å². The normalized spacial score (nSPS) is 14.2. The zero-order chi connectivity index (χ0) is 12.8. The predicted octanol–water partition coefficient (Wildman–Crippen LogP) is 2.42. The van der Waals surface area contributed by atoms with Crippen molar-refractivity contribution in [3.8, 4) is 0 Å². The second-order valence-corrected chi connectivity index (χ2v) is 4.02. The van der Waals surface area contributed by atoms with E-state index in [2.05, 4.69) is 10.2 Å². The third-order valence-electron chi connectivity index (χ3n) is 2.22. The Hall–Kier alpha value is -1.34. The highest BCUT2D eigenvalue weighted by molar-refractivity contribution is 6.33. The van der Waals surface area contributed by atoms with Crippen molar-refractivity contribution in [2.45, 2.75) is 19.1 Å². The standard InChI is InChI=1S/C9H8ClF3N4/c1-4(14)7-15-16-8-6(10)2-5(3-17(7)8)9(11,12)13/h2-4H,14H2,1H3. The maximum absolute atomic E-state index is 12.6. The molecule has 0 aliphatic carbocycles. The average Bonchev–Trinajstić information content (AvgIpc) is 2.60. The van der Waals surface area contributed by atoms with Gasteiger partial charge >= 0.3 is 6.18 Å². The first-order valence-corrected chi connectivity index (χ1v) is 5.05. The second-order valence-electron chi connectivity index (χ2n) is 3.61. The van der Waals surface area contributed by atoms with Gasteiger partial charge in [-0.1, -0.05) is 11.6 Å². The van der Waals surface area contributed by atoms with Crippen LogP contribution in [0.3, 0.4) is 0 Å². The molecule has 8 heteroatoms. The minimum Gasteiger partial charge on any atom is -0.322 e. The largest absolute Gasteiger partial charge is 0.417 e. The summed E-state index contributed by atoms with van der Waals surface area (Å²) in [7, 11) is 0. The van der Waals surface area contributed by atoms with Gasteiger partial charge in [0.1, 0.15) is 0 Å². The second kappa shape index (κ2) is 3.85. The summed E-state index contributed by atoms with van der Waals surface area (Å²) in [6, 6.07) is 0.279. The number of halogens is 4. The van der Waals surface area contributed by atoms with Crippen molar-refractivity contribution >= 4 is 17.2 Å². The highest BCUT2D eigenvalue weighted by atomic mass is 35.5. The molecule has 0 saturated carbocycles. The highest BCUT2D eigenvalue weighted by Gasteiger charge is 2.32. The number of hydrogen-bond donors (Lipinski definition) is 1. The van der Waals surface area contributed by atoms with Crippen molar-refractivity contribution in [2.75, 3.05) is 0 Å². The Bertz CT molecular complexity index is 561. The Balaban J connectivity index is 2.74. The van der Waals surface area contributed by atoms with E-state index in [9.17, 15) is 13.2 Å². The van der Waals surface area contributed by atoms with Crippen LogP contribution in [0.5, 0.6) is 0 Å². The Morgan fingerprint density at radius 3 is 2.59 bits per heavy atom. The van der Waals surface area contributed by atoms with E-state index >= 15 is 0 Å². The number of nitrogens with two attached hydrogens (primary N) is 1. The molecule has 0 saturated heterocycles. The molecule has 0 aliphatic rings. The van der Waals surface area contributed by atoms with Crippen molar-refractivity contribution in [3.05, 3.63) is 28.7 Å². The zero-order valence-electron chi connectivity index (χ0n) is 8.66. The van der Waals surface area contributed by atoms with E-state index in [-0.39, 0.29) is 16.5 Å². The van der Waals surface area contributed by atoms with E-state index in [0.717, 1.165) is 16.7 Å². The molecule has 1 unspecified atom stereocenters.